The van der Waals surface area contributed by atoms with Crippen LogP contribution in [0.2, 0.25) is 0 Å². The van der Waals surface area contributed by atoms with Gasteiger partial charge in [0.1, 0.15) is 11.4 Å². The minimum absolute atomic E-state index is 0.0771. The maximum Gasteiger partial charge on any atom is 0.416 e. The minimum atomic E-state index is -4.50. The molecule has 3 amide bonds. The van der Waals surface area contributed by atoms with Crippen LogP contribution in [0.15, 0.2) is 42.5 Å². The topological polar surface area (TPSA) is 90.9 Å². The van der Waals surface area contributed by atoms with Crippen LogP contribution in [0.25, 0.3) is 5.57 Å². The summed E-state index contributed by atoms with van der Waals surface area (Å²) in [4.78, 5) is 26.7. The molecule has 0 bridgehead atoms. The number of aliphatic hydroxyl groups is 1. The number of hydrogen-bond acceptors (Lipinski definition) is 4. The summed E-state index contributed by atoms with van der Waals surface area (Å²) in [5, 5.41) is 14.9. The average molecular weight is 489 g/mol. The molecular formula is C25H26F3N3O4. The van der Waals surface area contributed by atoms with Crippen LogP contribution in [0.5, 0.6) is 5.75 Å². The van der Waals surface area contributed by atoms with E-state index in [4.69, 9.17) is 4.74 Å². The summed E-state index contributed by atoms with van der Waals surface area (Å²) in [6, 6.07) is 7.68. The molecule has 186 valence electrons. The van der Waals surface area contributed by atoms with E-state index in [9.17, 15) is 27.9 Å². The highest BCUT2D eigenvalue weighted by atomic mass is 19.4. The van der Waals surface area contributed by atoms with Crippen molar-refractivity contribution in [3.8, 4) is 5.75 Å². The molecule has 3 N–H and O–H groups in total. The maximum atomic E-state index is 13.1. The molecule has 0 aliphatic carbocycles. The Morgan fingerprint density at radius 3 is 2.71 bits per heavy atom. The first-order chi connectivity index (χ1) is 16.4. The summed E-state index contributed by atoms with van der Waals surface area (Å²) in [6.07, 6.45) is -2.81. The van der Waals surface area contributed by atoms with Gasteiger partial charge in [-0.05, 0) is 56.2 Å². The van der Waals surface area contributed by atoms with E-state index >= 15 is 0 Å². The van der Waals surface area contributed by atoms with Gasteiger partial charge in [-0.3, -0.25) is 4.79 Å². The molecule has 35 heavy (non-hydrogen) atoms. The van der Waals surface area contributed by atoms with Gasteiger partial charge in [-0.15, -0.1) is 0 Å². The summed E-state index contributed by atoms with van der Waals surface area (Å²) in [7, 11) is 0. The Labute approximate surface area is 200 Å². The Hall–Kier alpha value is -3.53. The van der Waals surface area contributed by atoms with Crippen molar-refractivity contribution in [1.29, 1.82) is 0 Å². The van der Waals surface area contributed by atoms with Gasteiger partial charge in [-0.1, -0.05) is 12.1 Å². The molecule has 0 saturated heterocycles. The van der Waals surface area contributed by atoms with Crippen LogP contribution in [-0.4, -0.2) is 40.2 Å². The Kier molecular flexibility index (Phi) is 6.27. The van der Waals surface area contributed by atoms with Crippen LogP contribution in [-0.2, 0) is 17.5 Å². The van der Waals surface area contributed by atoms with Crippen LogP contribution in [0.3, 0.4) is 0 Å². The van der Waals surface area contributed by atoms with Crippen LogP contribution >= 0.6 is 0 Å². The molecule has 0 aromatic heterocycles. The number of hydrogen-bond donors (Lipinski definition) is 3. The van der Waals surface area contributed by atoms with Crippen molar-refractivity contribution in [2.24, 2.45) is 0 Å². The number of carbonyl (C=O) groups excluding carboxylic acids is 2. The molecule has 7 nitrogen and oxygen atoms in total. The fourth-order valence-electron chi connectivity index (χ4n) is 4.21. The van der Waals surface area contributed by atoms with Gasteiger partial charge in [0.15, 0.2) is 0 Å². The van der Waals surface area contributed by atoms with E-state index in [1.54, 1.807) is 39.0 Å². The Morgan fingerprint density at radius 2 is 2.03 bits per heavy atom. The normalized spacial score (nSPS) is 18.8. The lowest BCUT2D eigenvalue weighted by Gasteiger charge is -2.34. The number of halogens is 3. The van der Waals surface area contributed by atoms with Crippen molar-refractivity contribution in [3.63, 3.8) is 0 Å². The van der Waals surface area contributed by atoms with E-state index in [1.165, 1.54) is 17.0 Å². The third-order valence-corrected chi connectivity index (χ3v) is 5.98. The largest absolute Gasteiger partial charge is 0.487 e. The van der Waals surface area contributed by atoms with Gasteiger partial charge in [-0.2, -0.15) is 13.2 Å². The zero-order chi connectivity index (χ0) is 25.5. The summed E-state index contributed by atoms with van der Waals surface area (Å²) >= 11 is 0. The first-order valence-corrected chi connectivity index (χ1v) is 11.1. The van der Waals surface area contributed by atoms with Crippen LogP contribution in [0.4, 0.5) is 29.3 Å². The molecule has 2 aliphatic rings. The van der Waals surface area contributed by atoms with Gasteiger partial charge < -0.3 is 25.4 Å². The second-order valence-electron chi connectivity index (χ2n) is 9.37. The van der Waals surface area contributed by atoms with Crippen LogP contribution < -0.4 is 15.4 Å². The highest BCUT2D eigenvalue weighted by molar-refractivity contribution is 6.05. The number of nitrogens with zero attached hydrogens (tertiary/aromatic N) is 1. The van der Waals surface area contributed by atoms with Crippen molar-refractivity contribution in [2.75, 3.05) is 17.2 Å². The lowest BCUT2D eigenvalue weighted by atomic mass is 9.88. The van der Waals surface area contributed by atoms with E-state index in [1.807, 2.05) is 0 Å². The van der Waals surface area contributed by atoms with E-state index in [2.05, 4.69) is 10.6 Å². The molecule has 10 heteroatoms. The minimum Gasteiger partial charge on any atom is -0.487 e. The molecule has 4 rings (SSSR count). The van der Waals surface area contributed by atoms with Crippen LogP contribution in [0.1, 0.15) is 43.9 Å². The third kappa shape index (κ3) is 5.27. The van der Waals surface area contributed by atoms with Gasteiger partial charge in [0.05, 0.1) is 18.2 Å². The molecule has 2 aromatic rings. The lowest BCUT2D eigenvalue weighted by Crippen LogP contribution is -2.45. The number of anilines is 2. The van der Waals surface area contributed by atoms with Gasteiger partial charge >= 0.3 is 12.2 Å². The fraction of sp³-hybridized carbons (Fsp3) is 0.360. The molecule has 0 saturated carbocycles. The van der Waals surface area contributed by atoms with Crippen molar-refractivity contribution in [1.82, 2.24) is 4.90 Å². The number of rotatable bonds is 4. The smallest absolute Gasteiger partial charge is 0.416 e. The highest BCUT2D eigenvalue weighted by Crippen LogP contribution is 2.43. The molecule has 1 atom stereocenters. The molecular weight excluding hydrogens is 463 g/mol. The number of aliphatic hydroxyl groups excluding tert-OH is 1. The zero-order valence-corrected chi connectivity index (χ0v) is 19.5. The maximum absolute atomic E-state index is 13.1. The summed E-state index contributed by atoms with van der Waals surface area (Å²) in [5.74, 6) is -0.380. The highest BCUT2D eigenvalue weighted by Gasteiger charge is 2.35. The molecule has 0 spiro atoms. The van der Waals surface area contributed by atoms with Gasteiger partial charge in [0.2, 0.25) is 5.91 Å². The van der Waals surface area contributed by atoms with Gasteiger partial charge in [-0.25, -0.2) is 4.79 Å². The van der Waals surface area contributed by atoms with Crippen molar-refractivity contribution in [3.05, 3.63) is 59.2 Å². The number of urea groups is 1. The van der Waals surface area contributed by atoms with Crippen LogP contribution in [0, 0.1) is 0 Å². The molecule has 2 aromatic carbocycles. The Morgan fingerprint density at radius 1 is 1.29 bits per heavy atom. The number of fused-ring (bicyclic) bond motifs is 2. The summed E-state index contributed by atoms with van der Waals surface area (Å²) < 4.78 is 45.2. The molecule has 0 unspecified atom stereocenters. The van der Waals surface area contributed by atoms with E-state index in [-0.39, 0.29) is 24.4 Å². The second kappa shape index (κ2) is 8.92. The number of nitrogens with one attached hydrogen (secondary N) is 2. The van der Waals surface area contributed by atoms with E-state index in [0.29, 0.717) is 35.5 Å². The molecule has 0 radical (unpaired) electrons. The number of amides is 3. The quantitative estimate of drug-likeness (QED) is 0.527. The van der Waals surface area contributed by atoms with Gasteiger partial charge in [0, 0.05) is 36.0 Å². The fourth-order valence-corrected chi connectivity index (χ4v) is 4.21. The predicted octanol–water partition coefficient (Wildman–Crippen LogP) is 5.02. The number of ether oxygens (including phenoxy) is 1. The summed E-state index contributed by atoms with van der Waals surface area (Å²) in [5.41, 5.74) is 1.22. The monoisotopic (exact) mass is 489 g/mol. The molecule has 2 aliphatic heterocycles. The second-order valence-corrected chi connectivity index (χ2v) is 9.37. The first kappa shape index (κ1) is 24.6. The molecule has 0 fully saturated rings. The van der Waals surface area contributed by atoms with Crippen molar-refractivity contribution < 1.29 is 32.6 Å². The zero-order valence-electron chi connectivity index (χ0n) is 19.5. The number of alkyl halides is 3. The Bertz CT molecular complexity index is 1210. The van der Waals surface area contributed by atoms with Crippen molar-refractivity contribution >= 4 is 28.9 Å². The predicted molar refractivity (Wildman–Crippen MR) is 125 cm³/mol. The average Bonchev–Trinajstić information content (AvgIpc) is 2.76. The van der Waals surface area contributed by atoms with E-state index < -0.39 is 23.2 Å². The standard InChI is InChI=1S/C25H26F3N3O4/c1-14(13-32)31-12-15-4-6-18(10-20(15)30-23(31)34)29-22(33)8-16-11-24(2,3)35-21-9-17(25(26,27)28)5-7-19(16)21/h4-10,14,32H,11-13H2,1-3H3,(H,29,33)(H,30,34)/b16-8+/t14-/m0/s1. The Balaban J connectivity index is 1.56. The van der Waals surface area contributed by atoms with Crippen molar-refractivity contribution in [2.45, 2.75) is 51.6 Å². The third-order valence-electron chi connectivity index (χ3n) is 5.98. The first-order valence-electron chi connectivity index (χ1n) is 11.1. The SMILES string of the molecule is C[C@@H](CO)N1Cc2ccc(NC(=O)/C=C3\CC(C)(C)Oc4cc(C(F)(F)F)ccc43)cc2NC1=O. The lowest BCUT2D eigenvalue weighted by molar-refractivity contribution is -0.137. The van der Waals surface area contributed by atoms with Gasteiger partial charge in [0.25, 0.3) is 0 Å². The molecule has 2 heterocycles. The summed E-state index contributed by atoms with van der Waals surface area (Å²) in [6.45, 7) is 5.40. The number of carbonyl (C=O) groups is 2. The number of benzene rings is 2. The van der Waals surface area contributed by atoms with E-state index in [0.717, 1.165) is 17.7 Å².